The molecule has 0 saturated carbocycles. The highest BCUT2D eigenvalue weighted by Crippen LogP contribution is 2.56. The standard InChI is InChI=1S/C43H35BN2O2/c1-42(2)26-43(3,4)39-29(42)22-23-31-41(39)48-38-25-28(24-37-40(38)44(31)30-16-8-13-21-36(30)47-37)46-34-19-11-9-17-32(34)45(27-14-6-5-7-15-27)33-18-10-12-20-35(33)46/h5-25H,26H2,1-4H3. The monoisotopic (exact) mass is 622 g/mol. The Hall–Kier alpha value is -5.42. The van der Waals surface area contributed by atoms with Gasteiger partial charge in [0.05, 0.1) is 28.4 Å². The van der Waals surface area contributed by atoms with Crippen molar-refractivity contribution in [2.24, 2.45) is 0 Å². The van der Waals surface area contributed by atoms with E-state index in [0.717, 1.165) is 69.0 Å². The van der Waals surface area contributed by atoms with Gasteiger partial charge >= 0.3 is 0 Å². The van der Waals surface area contributed by atoms with Gasteiger partial charge < -0.3 is 19.3 Å². The molecule has 3 aliphatic heterocycles. The number of benzene rings is 6. The molecule has 0 saturated heterocycles. The van der Waals surface area contributed by atoms with Gasteiger partial charge in [0.15, 0.2) is 0 Å². The summed E-state index contributed by atoms with van der Waals surface area (Å²) in [5, 5.41) is 0. The quantitative estimate of drug-likeness (QED) is 0.179. The van der Waals surface area contributed by atoms with Crippen LogP contribution in [0, 0.1) is 0 Å². The highest BCUT2D eigenvalue weighted by molar-refractivity contribution is 6.98. The minimum Gasteiger partial charge on any atom is -0.458 e. The lowest BCUT2D eigenvalue weighted by Gasteiger charge is -2.41. The zero-order chi connectivity index (χ0) is 32.4. The first-order chi connectivity index (χ1) is 23.3. The number of anilines is 6. The predicted octanol–water partition coefficient (Wildman–Crippen LogP) is 9.63. The van der Waals surface area contributed by atoms with Crippen LogP contribution in [-0.4, -0.2) is 6.71 Å². The van der Waals surface area contributed by atoms with Crippen molar-refractivity contribution in [1.29, 1.82) is 0 Å². The number of hydrogen-bond acceptors (Lipinski definition) is 4. The summed E-state index contributed by atoms with van der Waals surface area (Å²) in [7, 11) is 0. The third-order valence-electron chi connectivity index (χ3n) is 10.8. The van der Waals surface area contributed by atoms with Crippen LogP contribution < -0.4 is 35.7 Å². The Morgan fingerprint density at radius 2 is 1.08 bits per heavy atom. The van der Waals surface area contributed by atoms with Crippen molar-refractivity contribution in [2.75, 3.05) is 9.80 Å². The van der Waals surface area contributed by atoms with Gasteiger partial charge in [-0.25, -0.2) is 0 Å². The second kappa shape index (κ2) is 9.57. The molecule has 0 spiro atoms. The molecule has 5 heteroatoms. The maximum atomic E-state index is 7.19. The number of rotatable bonds is 2. The molecule has 1 aliphatic carbocycles. The Kier molecular flexibility index (Phi) is 5.52. The zero-order valence-corrected chi connectivity index (χ0v) is 27.6. The van der Waals surface area contributed by atoms with Crippen LogP contribution in [0.25, 0.3) is 0 Å². The molecule has 0 radical (unpaired) electrons. The third-order valence-corrected chi connectivity index (χ3v) is 10.8. The molecule has 0 atom stereocenters. The summed E-state index contributed by atoms with van der Waals surface area (Å²) < 4.78 is 14.0. The number of hydrogen-bond donors (Lipinski definition) is 0. The Bertz CT molecular complexity index is 2260. The van der Waals surface area contributed by atoms with E-state index >= 15 is 0 Å². The molecule has 0 N–H and O–H groups in total. The lowest BCUT2D eigenvalue weighted by Crippen LogP contribution is -2.57. The van der Waals surface area contributed by atoms with Crippen molar-refractivity contribution in [3.8, 4) is 23.0 Å². The van der Waals surface area contributed by atoms with Crippen molar-refractivity contribution >= 4 is 57.2 Å². The van der Waals surface area contributed by atoms with E-state index in [9.17, 15) is 0 Å². The lowest BCUT2D eigenvalue weighted by molar-refractivity contribution is 0.394. The molecule has 0 bridgehead atoms. The summed E-state index contributed by atoms with van der Waals surface area (Å²) in [5.41, 5.74) is 12.9. The van der Waals surface area contributed by atoms with Gasteiger partial charge in [-0.05, 0) is 76.2 Å². The van der Waals surface area contributed by atoms with Crippen molar-refractivity contribution in [2.45, 2.75) is 44.9 Å². The molecule has 0 unspecified atom stereocenters. The van der Waals surface area contributed by atoms with Crippen LogP contribution in [0.2, 0.25) is 0 Å². The van der Waals surface area contributed by atoms with Crippen LogP contribution in [-0.2, 0) is 10.8 Å². The van der Waals surface area contributed by atoms with E-state index in [2.05, 4.69) is 165 Å². The average molecular weight is 623 g/mol. The second-order valence-corrected chi connectivity index (χ2v) is 14.9. The van der Waals surface area contributed by atoms with Crippen LogP contribution >= 0.6 is 0 Å². The molecular formula is C43H35BN2O2. The van der Waals surface area contributed by atoms with Crippen LogP contribution in [0.4, 0.5) is 34.1 Å². The van der Waals surface area contributed by atoms with E-state index in [1.54, 1.807) is 0 Å². The molecule has 3 heterocycles. The van der Waals surface area contributed by atoms with Gasteiger partial charge in [-0.15, -0.1) is 0 Å². The Balaban J connectivity index is 1.22. The summed E-state index contributed by atoms with van der Waals surface area (Å²) in [6.07, 6.45) is 1.08. The van der Waals surface area contributed by atoms with Crippen molar-refractivity contribution < 1.29 is 9.47 Å². The van der Waals surface area contributed by atoms with Gasteiger partial charge in [-0.2, -0.15) is 0 Å². The summed E-state index contributed by atoms with van der Waals surface area (Å²) in [5.74, 6) is 3.64. The summed E-state index contributed by atoms with van der Waals surface area (Å²) in [6.45, 7) is 9.51. The van der Waals surface area contributed by atoms with Gasteiger partial charge in [-0.3, -0.25) is 0 Å². The van der Waals surface area contributed by atoms with Gasteiger partial charge in [0.1, 0.15) is 23.0 Å². The fraction of sp³-hybridized carbons (Fsp3) is 0.163. The molecule has 0 amide bonds. The Labute approximate surface area is 282 Å². The van der Waals surface area contributed by atoms with E-state index in [-0.39, 0.29) is 17.5 Å². The van der Waals surface area contributed by atoms with E-state index in [1.165, 1.54) is 22.1 Å². The Morgan fingerprint density at radius 1 is 0.521 bits per heavy atom. The molecule has 6 aromatic rings. The first-order valence-electron chi connectivity index (χ1n) is 16.9. The second-order valence-electron chi connectivity index (χ2n) is 14.9. The summed E-state index contributed by atoms with van der Waals surface area (Å²) in [4.78, 5) is 4.72. The number of para-hydroxylation sites is 6. The molecule has 6 aromatic carbocycles. The maximum Gasteiger partial charge on any atom is 0.260 e. The van der Waals surface area contributed by atoms with E-state index in [4.69, 9.17) is 9.47 Å². The first-order valence-corrected chi connectivity index (χ1v) is 16.9. The molecule has 4 nitrogen and oxygen atoms in total. The fourth-order valence-corrected chi connectivity index (χ4v) is 9.23. The fourth-order valence-electron chi connectivity index (χ4n) is 9.23. The van der Waals surface area contributed by atoms with Gasteiger partial charge in [0.25, 0.3) is 6.71 Å². The van der Waals surface area contributed by atoms with E-state index < -0.39 is 0 Å². The smallest absolute Gasteiger partial charge is 0.260 e. The van der Waals surface area contributed by atoms with Crippen LogP contribution in [0.1, 0.15) is 45.2 Å². The largest absolute Gasteiger partial charge is 0.458 e. The number of fused-ring (bicyclic) bond motifs is 8. The normalized spacial score (nSPS) is 16.8. The van der Waals surface area contributed by atoms with Gasteiger partial charge in [-0.1, -0.05) is 100 Å². The van der Waals surface area contributed by atoms with Crippen LogP contribution in [0.3, 0.4) is 0 Å². The van der Waals surface area contributed by atoms with Crippen LogP contribution in [0.5, 0.6) is 23.0 Å². The van der Waals surface area contributed by atoms with Gasteiger partial charge in [0, 0.05) is 28.8 Å². The molecular weight excluding hydrogens is 587 g/mol. The average Bonchev–Trinajstić information content (AvgIpc) is 3.29. The minimum atomic E-state index is -0.0154. The topological polar surface area (TPSA) is 24.9 Å². The lowest BCUT2D eigenvalue weighted by atomic mass is 9.34. The molecule has 10 rings (SSSR count). The summed E-state index contributed by atoms with van der Waals surface area (Å²) in [6, 6.07) is 45.5. The predicted molar refractivity (Wildman–Crippen MR) is 198 cm³/mol. The maximum absolute atomic E-state index is 7.19. The Morgan fingerprint density at radius 3 is 1.75 bits per heavy atom. The molecule has 4 aliphatic rings. The van der Waals surface area contributed by atoms with Gasteiger partial charge in [0.2, 0.25) is 0 Å². The number of ether oxygens (including phenoxy) is 2. The van der Waals surface area contributed by atoms with Crippen LogP contribution in [0.15, 0.2) is 127 Å². The first kappa shape index (κ1) is 27.7. The molecule has 0 fully saturated rings. The molecule has 48 heavy (non-hydrogen) atoms. The summed E-state index contributed by atoms with van der Waals surface area (Å²) >= 11 is 0. The van der Waals surface area contributed by atoms with E-state index in [0.29, 0.717) is 0 Å². The SMILES string of the molecule is CC1(C)CC(C)(C)c2c1ccc1c2Oc2cc(N3c4ccccc4N(c4ccccc4)c4ccccc43)cc3c2B1c1ccccc1O3. The molecule has 232 valence electrons. The van der Waals surface area contributed by atoms with Crippen molar-refractivity contribution in [3.05, 3.63) is 139 Å². The number of nitrogens with zero attached hydrogens (tertiary/aromatic N) is 2. The highest BCUT2D eigenvalue weighted by Gasteiger charge is 2.49. The third kappa shape index (κ3) is 3.73. The highest BCUT2D eigenvalue weighted by atomic mass is 16.5. The van der Waals surface area contributed by atoms with E-state index in [1.807, 2.05) is 0 Å². The minimum absolute atomic E-state index is 0.0154. The van der Waals surface area contributed by atoms with Crippen molar-refractivity contribution in [3.63, 3.8) is 0 Å². The molecule has 0 aromatic heterocycles. The zero-order valence-electron chi connectivity index (χ0n) is 27.6. The van der Waals surface area contributed by atoms with Crippen molar-refractivity contribution in [1.82, 2.24) is 0 Å².